The highest BCUT2D eigenvalue weighted by atomic mass is 19.4. The number of hydrogen-bond donors (Lipinski definition) is 2. The van der Waals surface area contributed by atoms with E-state index in [4.69, 9.17) is 0 Å². The number of halogens is 3. The second-order valence-corrected chi connectivity index (χ2v) is 6.18. The minimum absolute atomic E-state index is 0.193. The molecule has 0 saturated heterocycles. The van der Waals surface area contributed by atoms with Crippen molar-refractivity contribution in [2.24, 2.45) is 0 Å². The van der Waals surface area contributed by atoms with Gasteiger partial charge in [-0.1, -0.05) is 30.3 Å². The number of ether oxygens (including phenoxy) is 1. The number of carbonyl (C=O) groups is 2. The number of alkyl halides is 3. The molecule has 0 spiro atoms. The summed E-state index contributed by atoms with van der Waals surface area (Å²) in [5.41, 5.74) is 0.655. The molecular formula is C19H17F3N2O3. The molecule has 142 valence electrons. The van der Waals surface area contributed by atoms with Crippen LogP contribution in [0.5, 0.6) is 0 Å². The van der Waals surface area contributed by atoms with Crippen LogP contribution in [0.25, 0.3) is 0 Å². The average molecular weight is 378 g/mol. The number of methoxy groups -OCH3 is 1. The highest BCUT2D eigenvalue weighted by Crippen LogP contribution is 2.42. The number of fused-ring (bicyclic) bond motifs is 1. The van der Waals surface area contributed by atoms with E-state index in [-0.39, 0.29) is 18.0 Å². The van der Waals surface area contributed by atoms with Gasteiger partial charge < -0.3 is 10.1 Å². The highest BCUT2D eigenvalue weighted by Gasteiger charge is 2.37. The predicted molar refractivity (Wildman–Crippen MR) is 92.2 cm³/mol. The van der Waals surface area contributed by atoms with E-state index in [1.54, 1.807) is 0 Å². The molecule has 27 heavy (non-hydrogen) atoms. The first-order valence-corrected chi connectivity index (χ1v) is 8.21. The maximum atomic E-state index is 13.1. The van der Waals surface area contributed by atoms with E-state index in [1.165, 1.54) is 6.07 Å². The lowest BCUT2D eigenvalue weighted by molar-refractivity contribution is -0.137. The quantitative estimate of drug-likeness (QED) is 0.821. The summed E-state index contributed by atoms with van der Waals surface area (Å²) in [4.78, 5) is 24.0. The molecule has 1 aliphatic heterocycles. The minimum Gasteiger partial charge on any atom is -0.453 e. The van der Waals surface area contributed by atoms with Crippen molar-refractivity contribution in [3.05, 3.63) is 65.2 Å². The average Bonchev–Trinajstić information content (AvgIpc) is 2.66. The normalized spacial score (nSPS) is 18.8. The number of rotatable bonds is 2. The SMILES string of the molecule is COC(=O)NC(=O)[C@@H]1C[C@H](c2ccccc2)Nc2ccc(C(F)(F)F)cc21. The first-order valence-electron chi connectivity index (χ1n) is 8.21. The van der Waals surface area contributed by atoms with Gasteiger partial charge >= 0.3 is 12.3 Å². The zero-order chi connectivity index (χ0) is 19.6. The number of anilines is 1. The maximum Gasteiger partial charge on any atom is 0.416 e. The fourth-order valence-electron chi connectivity index (χ4n) is 3.16. The van der Waals surface area contributed by atoms with E-state index >= 15 is 0 Å². The Morgan fingerprint density at radius 1 is 1.15 bits per heavy atom. The molecule has 8 heteroatoms. The smallest absolute Gasteiger partial charge is 0.416 e. The van der Waals surface area contributed by atoms with Crippen LogP contribution in [0.4, 0.5) is 23.7 Å². The molecular weight excluding hydrogens is 361 g/mol. The van der Waals surface area contributed by atoms with E-state index in [1.807, 2.05) is 30.3 Å². The van der Waals surface area contributed by atoms with Gasteiger partial charge in [0, 0.05) is 5.69 Å². The van der Waals surface area contributed by atoms with Gasteiger partial charge in [0.15, 0.2) is 0 Å². The molecule has 0 aromatic heterocycles. The Morgan fingerprint density at radius 3 is 2.48 bits per heavy atom. The van der Waals surface area contributed by atoms with Gasteiger partial charge in [0.1, 0.15) is 0 Å². The first-order chi connectivity index (χ1) is 12.8. The monoisotopic (exact) mass is 378 g/mol. The third kappa shape index (κ3) is 4.05. The Balaban J connectivity index is 2.01. The summed E-state index contributed by atoms with van der Waals surface area (Å²) in [7, 11) is 1.10. The number of nitrogens with one attached hydrogen (secondary N) is 2. The first kappa shape index (κ1) is 18.8. The molecule has 2 N–H and O–H groups in total. The Labute approximate surface area is 153 Å². The molecule has 1 heterocycles. The predicted octanol–water partition coefficient (Wildman–Crippen LogP) is 4.23. The van der Waals surface area contributed by atoms with E-state index in [0.29, 0.717) is 5.69 Å². The number of hydrogen-bond acceptors (Lipinski definition) is 4. The summed E-state index contributed by atoms with van der Waals surface area (Å²) >= 11 is 0. The van der Waals surface area contributed by atoms with E-state index in [2.05, 4.69) is 15.4 Å². The third-order valence-electron chi connectivity index (χ3n) is 4.48. The molecule has 3 rings (SSSR count). The largest absolute Gasteiger partial charge is 0.453 e. The molecule has 0 radical (unpaired) electrons. The van der Waals surface area contributed by atoms with Crippen LogP contribution in [0.2, 0.25) is 0 Å². The lowest BCUT2D eigenvalue weighted by Crippen LogP contribution is -2.37. The van der Waals surface area contributed by atoms with Crippen molar-refractivity contribution in [1.29, 1.82) is 0 Å². The number of amides is 2. The van der Waals surface area contributed by atoms with Gasteiger partial charge in [-0.3, -0.25) is 10.1 Å². The Bertz CT molecular complexity index is 853. The van der Waals surface area contributed by atoms with Crippen molar-refractivity contribution in [3.63, 3.8) is 0 Å². The van der Waals surface area contributed by atoms with Crippen molar-refractivity contribution in [2.45, 2.75) is 24.6 Å². The summed E-state index contributed by atoms with van der Waals surface area (Å²) < 4.78 is 43.7. The zero-order valence-corrected chi connectivity index (χ0v) is 14.3. The highest BCUT2D eigenvalue weighted by molar-refractivity contribution is 5.97. The van der Waals surface area contributed by atoms with Crippen molar-refractivity contribution in [1.82, 2.24) is 5.32 Å². The zero-order valence-electron chi connectivity index (χ0n) is 14.3. The van der Waals surface area contributed by atoms with Crippen LogP contribution in [0.1, 0.15) is 35.1 Å². The molecule has 2 aromatic rings. The number of benzene rings is 2. The standard InChI is InChI=1S/C19H17F3N2O3/c1-27-18(26)24-17(25)14-10-16(11-5-3-2-4-6-11)23-15-8-7-12(9-13(14)15)19(20,21)22/h2-9,14,16,23H,10H2,1H3,(H,24,25,26)/t14-,16-/m1/s1. The molecule has 2 atom stereocenters. The molecule has 0 bridgehead atoms. The van der Waals surface area contributed by atoms with Gasteiger partial charge in [0.2, 0.25) is 5.91 Å². The van der Waals surface area contributed by atoms with Gasteiger partial charge in [0.05, 0.1) is 24.6 Å². The summed E-state index contributed by atoms with van der Waals surface area (Å²) in [5.74, 6) is -1.64. The number of imide groups is 1. The number of carbonyl (C=O) groups excluding carboxylic acids is 2. The molecule has 2 aromatic carbocycles. The summed E-state index contributed by atoms with van der Waals surface area (Å²) in [6, 6.07) is 12.2. The van der Waals surface area contributed by atoms with Crippen molar-refractivity contribution >= 4 is 17.7 Å². The molecule has 1 aliphatic rings. The van der Waals surface area contributed by atoms with Crippen LogP contribution >= 0.6 is 0 Å². The van der Waals surface area contributed by atoms with Gasteiger partial charge in [-0.05, 0) is 35.7 Å². The van der Waals surface area contributed by atoms with E-state index in [0.717, 1.165) is 24.8 Å². The van der Waals surface area contributed by atoms with Crippen molar-refractivity contribution in [2.75, 3.05) is 12.4 Å². The summed E-state index contributed by atoms with van der Waals surface area (Å²) in [6.07, 6.45) is -5.29. The Hall–Kier alpha value is -3.03. The van der Waals surface area contributed by atoms with E-state index < -0.39 is 29.7 Å². The summed E-state index contributed by atoms with van der Waals surface area (Å²) in [6.45, 7) is 0. The fraction of sp³-hybridized carbons (Fsp3) is 0.263. The lowest BCUT2D eigenvalue weighted by Gasteiger charge is -2.33. The van der Waals surface area contributed by atoms with Crippen molar-refractivity contribution < 1.29 is 27.5 Å². The topological polar surface area (TPSA) is 67.4 Å². The number of alkyl carbamates (subject to hydrolysis) is 1. The van der Waals surface area contributed by atoms with Crippen LogP contribution in [-0.2, 0) is 15.7 Å². The van der Waals surface area contributed by atoms with Gasteiger partial charge in [-0.15, -0.1) is 0 Å². The van der Waals surface area contributed by atoms with Crippen LogP contribution in [0, 0.1) is 0 Å². The second-order valence-electron chi connectivity index (χ2n) is 6.18. The lowest BCUT2D eigenvalue weighted by atomic mass is 9.83. The van der Waals surface area contributed by atoms with Crippen molar-refractivity contribution in [3.8, 4) is 0 Å². The Kier molecular flexibility index (Phi) is 5.07. The summed E-state index contributed by atoms with van der Waals surface area (Å²) in [5, 5.41) is 5.24. The van der Waals surface area contributed by atoms with E-state index in [9.17, 15) is 22.8 Å². The van der Waals surface area contributed by atoms with Crippen LogP contribution in [0.3, 0.4) is 0 Å². The van der Waals surface area contributed by atoms with Crippen LogP contribution < -0.4 is 10.6 Å². The fourth-order valence-corrected chi connectivity index (χ4v) is 3.16. The molecule has 0 saturated carbocycles. The molecule has 0 unspecified atom stereocenters. The third-order valence-corrected chi connectivity index (χ3v) is 4.48. The van der Waals surface area contributed by atoms with Gasteiger partial charge in [-0.25, -0.2) is 4.79 Å². The van der Waals surface area contributed by atoms with Crippen LogP contribution in [0.15, 0.2) is 48.5 Å². The second kappa shape index (κ2) is 7.30. The van der Waals surface area contributed by atoms with Gasteiger partial charge in [0.25, 0.3) is 0 Å². The molecule has 0 fully saturated rings. The minimum atomic E-state index is -4.53. The maximum absolute atomic E-state index is 13.1. The molecule has 5 nitrogen and oxygen atoms in total. The molecule has 2 amide bonds. The van der Waals surface area contributed by atoms with Crippen LogP contribution in [-0.4, -0.2) is 19.1 Å². The van der Waals surface area contributed by atoms with Gasteiger partial charge in [-0.2, -0.15) is 13.2 Å². The Morgan fingerprint density at radius 2 is 1.85 bits per heavy atom. The molecule has 0 aliphatic carbocycles.